The van der Waals surface area contributed by atoms with Crippen LogP contribution < -0.4 is 0 Å². The SMILES string of the molecule is CCOP(CCC(F)F)OCC. The molecule has 0 aromatic rings. The van der Waals surface area contributed by atoms with E-state index in [2.05, 4.69) is 0 Å². The minimum atomic E-state index is -2.25. The highest BCUT2D eigenvalue weighted by Gasteiger charge is 2.12. The van der Waals surface area contributed by atoms with Crippen LogP contribution >= 0.6 is 8.38 Å². The first-order chi connectivity index (χ1) is 5.70. The topological polar surface area (TPSA) is 18.5 Å². The van der Waals surface area contributed by atoms with Gasteiger partial charge in [0.15, 0.2) is 8.38 Å². The Balaban J connectivity index is 3.48. The average molecular weight is 200 g/mol. The normalized spacial score (nSPS) is 11.5. The third-order valence-electron chi connectivity index (χ3n) is 1.08. The standard InChI is InChI=1S/C7H15F2O2P/c1-3-10-12(11-4-2)6-5-7(8)9/h7H,3-6H2,1-2H3. The zero-order chi connectivity index (χ0) is 9.40. The fraction of sp³-hybridized carbons (Fsp3) is 1.00. The second kappa shape index (κ2) is 7.84. The molecular weight excluding hydrogens is 185 g/mol. The van der Waals surface area contributed by atoms with Crippen LogP contribution in [-0.4, -0.2) is 25.8 Å². The van der Waals surface area contributed by atoms with Crippen molar-refractivity contribution < 1.29 is 17.8 Å². The molecule has 0 aromatic heterocycles. The maximum absolute atomic E-state index is 11.8. The number of rotatable bonds is 7. The molecule has 0 unspecified atom stereocenters. The summed E-state index contributed by atoms with van der Waals surface area (Å²) in [5.74, 6) is 0. The van der Waals surface area contributed by atoms with E-state index >= 15 is 0 Å². The van der Waals surface area contributed by atoms with Gasteiger partial charge in [0.05, 0.1) is 13.2 Å². The van der Waals surface area contributed by atoms with Crippen LogP contribution in [0.25, 0.3) is 0 Å². The summed E-state index contributed by atoms with van der Waals surface area (Å²) in [6.07, 6.45) is -2.06. The van der Waals surface area contributed by atoms with E-state index in [-0.39, 0.29) is 6.42 Å². The summed E-state index contributed by atoms with van der Waals surface area (Å²) >= 11 is 0. The molecule has 0 aliphatic rings. The highest BCUT2D eigenvalue weighted by molar-refractivity contribution is 7.47. The van der Waals surface area contributed by atoms with Gasteiger partial charge in [-0.25, -0.2) is 8.78 Å². The number of hydrogen-bond donors (Lipinski definition) is 0. The molecule has 0 radical (unpaired) electrons. The molecule has 0 atom stereocenters. The predicted octanol–water partition coefficient (Wildman–Crippen LogP) is 3.03. The van der Waals surface area contributed by atoms with Gasteiger partial charge in [-0.05, 0) is 13.8 Å². The number of alkyl halides is 2. The van der Waals surface area contributed by atoms with Crippen LogP contribution in [0.5, 0.6) is 0 Å². The molecular formula is C7H15F2O2P. The summed E-state index contributed by atoms with van der Waals surface area (Å²) < 4.78 is 33.8. The highest BCUT2D eigenvalue weighted by Crippen LogP contribution is 2.39. The third-order valence-corrected chi connectivity index (χ3v) is 2.79. The molecule has 2 nitrogen and oxygen atoms in total. The fourth-order valence-electron chi connectivity index (χ4n) is 0.657. The van der Waals surface area contributed by atoms with E-state index in [4.69, 9.17) is 9.05 Å². The first-order valence-electron chi connectivity index (χ1n) is 4.02. The Morgan fingerprint density at radius 1 is 1.17 bits per heavy atom. The predicted molar refractivity (Wildman–Crippen MR) is 45.7 cm³/mol. The van der Waals surface area contributed by atoms with E-state index in [0.29, 0.717) is 19.4 Å². The summed E-state index contributed by atoms with van der Waals surface area (Å²) in [5, 5.41) is 0. The summed E-state index contributed by atoms with van der Waals surface area (Å²) in [6, 6.07) is 0. The van der Waals surface area contributed by atoms with E-state index in [1.165, 1.54) is 0 Å². The molecule has 0 saturated heterocycles. The van der Waals surface area contributed by atoms with Gasteiger partial charge >= 0.3 is 0 Å². The van der Waals surface area contributed by atoms with Crippen molar-refractivity contribution in [3.63, 3.8) is 0 Å². The van der Waals surface area contributed by atoms with Crippen LogP contribution in [0, 0.1) is 0 Å². The second-order valence-electron chi connectivity index (χ2n) is 2.07. The second-order valence-corrected chi connectivity index (χ2v) is 3.70. The van der Waals surface area contributed by atoms with Crippen molar-refractivity contribution in [3.05, 3.63) is 0 Å². The quantitative estimate of drug-likeness (QED) is 0.588. The Kier molecular flexibility index (Phi) is 7.98. The molecule has 74 valence electrons. The minimum absolute atomic E-state index is 0.133. The smallest absolute Gasteiger partial charge is 0.239 e. The number of halogens is 2. The Morgan fingerprint density at radius 3 is 2.00 bits per heavy atom. The molecule has 0 aliphatic carbocycles. The van der Waals surface area contributed by atoms with Gasteiger partial charge in [-0.15, -0.1) is 0 Å². The van der Waals surface area contributed by atoms with Crippen LogP contribution in [-0.2, 0) is 9.05 Å². The maximum atomic E-state index is 11.8. The highest BCUT2D eigenvalue weighted by atomic mass is 31.2. The largest absolute Gasteiger partial charge is 0.334 e. The van der Waals surface area contributed by atoms with Crippen LogP contribution in [0.1, 0.15) is 20.3 Å². The zero-order valence-electron chi connectivity index (χ0n) is 7.43. The van der Waals surface area contributed by atoms with Crippen LogP contribution in [0.4, 0.5) is 8.78 Å². The lowest BCUT2D eigenvalue weighted by atomic mass is 10.5. The van der Waals surface area contributed by atoms with Crippen LogP contribution in [0.3, 0.4) is 0 Å². The maximum Gasteiger partial charge on any atom is 0.239 e. The Labute approximate surface area is 73.2 Å². The summed E-state index contributed by atoms with van der Waals surface area (Å²) in [7, 11) is -1.07. The van der Waals surface area contributed by atoms with E-state index in [0.717, 1.165) is 0 Å². The third kappa shape index (κ3) is 6.89. The van der Waals surface area contributed by atoms with Crippen molar-refractivity contribution in [2.45, 2.75) is 26.7 Å². The molecule has 12 heavy (non-hydrogen) atoms. The molecule has 0 saturated carbocycles. The molecule has 5 heteroatoms. The van der Waals surface area contributed by atoms with Gasteiger partial charge in [-0.1, -0.05) is 0 Å². The molecule has 0 aliphatic heterocycles. The summed E-state index contributed by atoms with van der Waals surface area (Å²) in [4.78, 5) is 0. The number of hydrogen-bond acceptors (Lipinski definition) is 2. The molecule has 0 bridgehead atoms. The van der Waals surface area contributed by atoms with E-state index in [9.17, 15) is 8.78 Å². The molecule has 0 amide bonds. The van der Waals surface area contributed by atoms with Gasteiger partial charge in [0.2, 0.25) is 6.43 Å². The lowest BCUT2D eigenvalue weighted by Crippen LogP contribution is -1.99. The van der Waals surface area contributed by atoms with Crippen molar-refractivity contribution in [1.29, 1.82) is 0 Å². The van der Waals surface area contributed by atoms with Crippen molar-refractivity contribution >= 4 is 8.38 Å². The fourth-order valence-corrected chi connectivity index (χ4v) is 1.97. The van der Waals surface area contributed by atoms with Gasteiger partial charge < -0.3 is 9.05 Å². The monoisotopic (exact) mass is 200 g/mol. The van der Waals surface area contributed by atoms with Gasteiger partial charge in [0.25, 0.3) is 0 Å². The van der Waals surface area contributed by atoms with Crippen molar-refractivity contribution in [2.24, 2.45) is 0 Å². The minimum Gasteiger partial charge on any atom is -0.334 e. The van der Waals surface area contributed by atoms with Crippen LogP contribution in [0.15, 0.2) is 0 Å². The van der Waals surface area contributed by atoms with Crippen molar-refractivity contribution in [1.82, 2.24) is 0 Å². The van der Waals surface area contributed by atoms with E-state index in [1.807, 2.05) is 13.8 Å². The first-order valence-corrected chi connectivity index (χ1v) is 5.38. The van der Waals surface area contributed by atoms with Gasteiger partial charge in [0, 0.05) is 12.6 Å². The van der Waals surface area contributed by atoms with E-state index < -0.39 is 14.8 Å². The Hall–Kier alpha value is 0.210. The summed E-state index contributed by atoms with van der Waals surface area (Å²) in [6.45, 7) is 4.71. The molecule has 0 rings (SSSR count). The van der Waals surface area contributed by atoms with E-state index in [1.54, 1.807) is 0 Å². The lowest BCUT2D eigenvalue weighted by molar-refractivity contribution is 0.142. The Bertz CT molecular complexity index is 97.4. The van der Waals surface area contributed by atoms with Crippen molar-refractivity contribution in [3.8, 4) is 0 Å². The first kappa shape index (κ1) is 12.2. The van der Waals surface area contributed by atoms with Gasteiger partial charge in [-0.2, -0.15) is 0 Å². The van der Waals surface area contributed by atoms with Gasteiger partial charge in [-0.3, -0.25) is 0 Å². The zero-order valence-corrected chi connectivity index (χ0v) is 8.32. The average Bonchev–Trinajstić information content (AvgIpc) is 2.01. The Morgan fingerprint density at radius 2 is 1.67 bits per heavy atom. The molecule has 0 heterocycles. The lowest BCUT2D eigenvalue weighted by Gasteiger charge is -2.14. The van der Waals surface area contributed by atoms with Crippen molar-refractivity contribution in [2.75, 3.05) is 19.4 Å². The molecule has 0 fully saturated rings. The molecule has 0 N–H and O–H groups in total. The molecule has 0 spiro atoms. The molecule has 0 aromatic carbocycles. The van der Waals surface area contributed by atoms with Gasteiger partial charge in [0.1, 0.15) is 0 Å². The summed E-state index contributed by atoms with van der Waals surface area (Å²) in [5.41, 5.74) is 0. The van der Waals surface area contributed by atoms with Crippen LogP contribution in [0.2, 0.25) is 0 Å².